The minimum Gasteiger partial charge on any atom is -0.462 e. The van der Waals surface area contributed by atoms with E-state index < -0.39 is 6.10 Å². The lowest BCUT2D eigenvalue weighted by atomic mass is 10.0. The van der Waals surface area contributed by atoms with Crippen LogP contribution in [-0.2, 0) is 11.2 Å². The summed E-state index contributed by atoms with van der Waals surface area (Å²) in [6.07, 6.45) is 0.988. The van der Waals surface area contributed by atoms with Gasteiger partial charge in [0.25, 0.3) is 0 Å². The van der Waals surface area contributed by atoms with Gasteiger partial charge in [-0.1, -0.05) is 55.5 Å². The van der Waals surface area contributed by atoms with Gasteiger partial charge in [0, 0.05) is 6.54 Å². The summed E-state index contributed by atoms with van der Waals surface area (Å²) >= 11 is 0. The Bertz CT molecular complexity index is 628. The molecule has 4 nitrogen and oxygen atoms in total. The summed E-state index contributed by atoms with van der Waals surface area (Å²) in [7, 11) is 0. The lowest BCUT2D eigenvalue weighted by molar-refractivity contribution is 0.0504. The zero-order chi connectivity index (χ0) is 17.2. The molecule has 24 heavy (non-hydrogen) atoms. The van der Waals surface area contributed by atoms with Crippen LogP contribution in [0.1, 0.15) is 40.9 Å². The Kier molecular flexibility index (Phi) is 7.46. The van der Waals surface area contributed by atoms with E-state index in [1.165, 1.54) is 0 Å². The number of benzene rings is 2. The minimum absolute atomic E-state index is 0.267. The van der Waals surface area contributed by atoms with E-state index in [0.717, 1.165) is 17.5 Å². The number of hydrogen-bond acceptors (Lipinski definition) is 4. The monoisotopic (exact) mass is 327 g/mol. The van der Waals surface area contributed by atoms with Gasteiger partial charge in [-0.3, -0.25) is 0 Å². The lowest BCUT2D eigenvalue weighted by Crippen LogP contribution is -2.24. The van der Waals surface area contributed by atoms with E-state index in [4.69, 9.17) is 4.74 Å². The van der Waals surface area contributed by atoms with Crippen molar-refractivity contribution < 1.29 is 14.6 Å². The van der Waals surface area contributed by atoms with Gasteiger partial charge in [0.2, 0.25) is 0 Å². The summed E-state index contributed by atoms with van der Waals surface area (Å²) in [5.74, 6) is -0.267. The van der Waals surface area contributed by atoms with Crippen LogP contribution in [0.5, 0.6) is 0 Å². The second-order valence-electron chi connectivity index (χ2n) is 5.67. The highest BCUT2D eigenvalue weighted by Gasteiger charge is 2.12. The van der Waals surface area contributed by atoms with Crippen molar-refractivity contribution in [3.63, 3.8) is 0 Å². The van der Waals surface area contributed by atoms with Crippen molar-refractivity contribution >= 4 is 5.97 Å². The van der Waals surface area contributed by atoms with Crippen molar-refractivity contribution in [1.29, 1.82) is 0 Å². The van der Waals surface area contributed by atoms with E-state index in [1.807, 2.05) is 55.5 Å². The van der Waals surface area contributed by atoms with E-state index in [2.05, 4.69) is 5.32 Å². The van der Waals surface area contributed by atoms with E-state index in [9.17, 15) is 9.90 Å². The smallest absolute Gasteiger partial charge is 0.338 e. The van der Waals surface area contributed by atoms with Crippen LogP contribution in [-0.4, -0.2) is 30.8 Å². The molecule has 4 heteroatoms. The summed E-state index contributed by atoms with van der Waals surface area (Å²) in [4.78, 5) is 12.1. The first-order chi connectivity index (χ1) is 11.7. The number of carbonyl (C=O) groups excluding carboxylic acids is 1. The van der Waals surface area contributed by atoms with Crippen LogP contribution in [0.4, 0.5) is 0 Å². The van der Waals surface area contributed by atoms with Crippen molar-refractivity contribution in [3.05, 3.63) is 71.3 Å². The molecule has 2 N–H and O–H groups in total. The number of rotatable bonds is 9. The SMILES string of the molecule is CCCOC(=O)c1ccccc1CCNCC(O)c1ccccc1. The summed E-state index contributed by atoms with van der Waals surface area (Å²) < 4.78 is 5.22. The van der Waals surface area contributed by atoms with E-state index in [1.54, 1.807) is 6.07 Å². The van der Waals surface area contributed by atoms with Gasteiger partial charge in [0.1, 0.15) is 0 Å². The number of carbonyl (C=O) groups is 1. The third kappa shape index (κ3) is 5.48. The molecule has 0 aliphatic rings. The fourth-order valence-corrected chi connectivity index (χ4v) is 2.46. The Labute approximate surface area is 143 Å². The number of nitrogens with one attached hydrogen (secondary N) is 1. The molecule has 0 aliphatic carbocycles. The molecule has 0 amide bonds. The maximum atomic E-state index is 12.1. The van der Waals surface area contributed by atoms with Crippen molar-refractivity contribution in [2.45, 2.75) is 25.9 Å². The molecule has 2 aromatic rings. The quantitative estimate of drug-likeness (QED) is 0.549. The third-order valence-electron chi connectivity index (χ3n) is 3.77. The number of aliphatic hydroxyl groups is 1. The average molecular weight is 327 g/mol. The predicted molar refractivity (Wildman–Crippen MR) is 95.0 cm³/mol. The lowest BCUT2D eigenvalue weighted by Gasteiger charge is -2.13. The summed E-state index contributed by atoms with van der Waals surface area (Å²) in [5.41, 5.74) is 2.48. The maximum absolute atomic E-state index is 12.1. The van der Waals surface area contributed by atoms with E-state index >= 15 is 0 Å². The number of aliphatic hydroxyl groups excluding tert-OH is 1. The van der Waals surface area contributed by atoms with Gasteiger partial charge < -0.3 is 15.2 Å². The molecule has 0 spiro atoms. The molecule has 1 unspecified atom stereocenters. The molecule has 2 rings (SSSR count). The maximum Gasteiger partial charge on any atom is 0.338 e. The Morgan fingerprint density at radius 2 is 1.83 bits per heavy atom. The van der Waals surface area contributed by atoms with Crippen LogP contribution in [0.15, 0.2) is 54.6 Å². The van der Waals surface area contributed by atoms with Gasteiger partial charge in [-0.15, -0.1) is 0 Å². The molecule has 2 aromatic carbocycles. The van der Waals surface area contributed by atoms with E-state index in [0.29, 0.717) is 31.7 Å². The minimum atomic E-state index is -0.532. The van der Waals surface area contributed by atoms with Gasteiger partial charge in [-0.2, -0.15) is 0 Å². The molecule has 0 aliphatic heterocycles. The zero-order valence-corrected chi connectivity index (χ0v) is 14.1. The second-order valence-corrected chi connectivity index (χ2v) is 5.67. The molecular weight excluding hydrogens is 302 g/mol. The average Bonchev–Trinajstić information content (AvgIpc) is 2.64. The van der Waals surface area contributed by atoms with Gasteiger partial charge in [-0.05, 0) is 36.6 Å². The second kappa shape index (κ2) is 9.85. The molecule has 0 fully saturated rings. The number of hydrogen-bond donors (Lipinski definition) is 2. The van der Waals surface area contributed by atoms with Crippen molar-refractivity contribution in [2.75, 3.05) is 19.7 Å². The molecule has 0 saturated carbocycles. The van der Waals surface area contributed by atoms with Crippen LogP contribution >= 0.6 is 0 Å². The standard InChI is InChI=1S/C20H25NO3/c1-2-14-24-20(23)18-11-7-6-8-16(18)12-13-21-15-19(22)17-9-4-3-5-10-17/h3-11,19,21-22H,2,12-15H2,1H3. The molecule has 0 radical (unpaired) electrons. The highest BCUT2D eigenvalue weighted by atomic mass is 16.5. The topological polar surface area (TPSA) is 58.6 Å². The summed E-state index contributed by atoms with van der Waals surface area (Å²) in [6.45, 7) is 3.57. The van der Waals surface area contributed by atoms with Crippen molar-refractivity contribution in [3.8, 4) is 0 Å². The van der Waals surface area contributed by atoms with E-state index in [-0.39, 0.29) is 5.97 Å². The van der Waals surface area contributed by atoms with Gasteiger partial charge in [0.05, 0.1) is 18.3 Å². The molecule has 0 bridgehead atoms. The first-order valence-corrected chi connectivity index (χ1v) is 8.41. The largest absolute Gasteiger partial charge is 0.462 e. The van der Waals surface area contributed by atoms with Crippen LogP contribution in [0.2, 0.25) is 0 Å². The van der Waals surface area contributed by atoms with Gasteiger partial charge in [-0.25, -0.2) is 4.79 Å². The number of esters is 1. The van der Waals surface area contributed by atoms with Crippen LogP contribution in [0.3, 0.4) is 0 Å². The molecule has 0 saturated heterocycles. The highest BCUT2D eigenvalue weighted by Crippen LogP contribution is 2.12. The van der Waals surface area contributed by atoms with Crippen LogP contribution < -0.4 is 5.32 Å². The Morgan fingerprint density at radius 1 is 1.12 bits per heavy atom. The van der Waals surface area contributed by atoms with Crippen LogP contribution in [0.25, 0.3) is 0 Å². The van der Waals surface area contributed by atoms with Crippen LogP contribution in [0, 0.1) is 0 Å². The number of ether oxygens (including phenoxy) is 1. The molecule has 0 aromatic heterocycles. The highest BCUT2D eigenvalue weighted by molar-refractivity contribution is 5.91. The molecular formula is C20H25NO3. The Morgan fingerprint density at radius 3 is 2.58 bits per heavy atom. The molecule has 1 atom stereocenters. The Balaban J connectivity index is 1.83. The fourth-order valence-electron chi connectivity index (χ4n) is 2.46. The summed E-state index contributed by atoms with van der Waals surface area (Å²) in [6, 6.07) is 17.1. The van der Waals surface area contributed by atoms with Crippen molar-refractivity contribution in [2.24, 2.45) is 0 Å². The molecule has 128 valence electrons. The third-order valence-corrected chi connectivity index (χ3v) is 3.77. The first kappa shape index (κ1) is 18.2. The Hall–Kier alpha value is -2.17. The van der Waals surface area contributed by atoms with Gasteiger partial charge >= 0.3 is 5.97 Å². The molecule has 0 heterocycles. The normalized spacial score (nSPS) is 11.9. The predicted octanol–water partition coefficient (Wildman–Crippen LogP) is 3.12. The van der Waals surface area contributed by atoms with Crippen molar-refractivity contribution in [1.82, 2.24) is 5.32 Å². The first-order valence-electron chi connectivity index (χ1n) is 8.41. The van der Waals surface area contributed by atoms with Gasteiger partial charge in [0.15, 0.2) is 0 Å². The zero-order valence-electron chi connectivity index (χ0n) is 14.1. The summed E-state index contributed by atoms with van der Waals surface area (Å²) in [5, 5.41) is 13.4. The fraction of sp³-hybridized carbons (Fsp3) is 0.350.